The number of nitriles is 1. The first-order valence-electron chi connectivity index (χ1n) is 9.46. The van der Waals surface area contributed by atoms with E-state index >= 15 is 0 Å². The van der Waals surface area contributed by atoms with Crippen LogP contribution in [0, 0.1) is 11.3 Å². The number of nitrogens with zero attached hydrogens (tertiary/aromatic N) is 1. The normalized spacial score (nSPS) is 10.8. The minimum atomic E-state index is -0.866. The van der Waals surface area contributed by atoms with Crippen LogP contribution >= 0.6 is 27.5 Å². The molecular formula is C23H16BrClN4O4. The summed E-state index contributed by atoms with van der Waals surface area (Å²) in [7, 11) is 0. The van der Waals surface area contributed by atoms with Crippen LogP contribution in [0.15, 0.2) is 75.1 Å². The van der Waals surface area contributed by atoms with Gasteiger partial charge >= 0.3 is 11.8 Å². The van der Waals surface area contributed by atoms with Gasteiger partial charge in [0.1, 0.15) is 23.2 Å². The summed E-state index contributed by atoms with van der Waals surface area (Å²) in [6.07, 6.45) is 1.28. The summed E-state index contributed by atoms with van der Waals surface area (Å²) in [5, 5.41) is 17.2. The van der Waals surface area contributed by atoms with Gasteiger partial charge in [-0.05, 0) is 54.6 Å². The highest BCUT2D eigenvalue weighted by atomic mass is 79.9. The number of anilines is 2. The molecule has 0 fully saturated rings. The minimum absolute atomic E-state index is 0.0668. The number of carbonyl (C=O) groups excluding carboxylic acids is 3. The molecule has 3 amide bonds. The third kappa shape index (κ3) is 7.07. The first-order chi connectivity index (χ1) is 15.8. The molecule has 1 aromatic heterocycles. The van der Waals surface area contributed by atoms with Gasteiger partial charge in [0.05, 0.1) is 6.54 Å². The Morgan fingerprint density at radius 1 is 0.970 bits per heavy atom. The first kappa shape index (κ1) is 23.8. The largest absolute Gasteiger partial charge is 0.460 e. The molecule has 2 aromatic carbocycles. The molecule has 0 atom stereocenters. The molecule has 0 saturated carbocycles. The minimum Gasteiger partial charge on any atom is -0.460 e. The molecule has 3 rings (SSSR count). The average Bonchev–Trinajstić information content (AvgIpc) is 3.24. The second-order valence-electron chi connectivity index (χ2n) is 6.58. The Kier molecular flexibility index (Phi) is 8.02. The van der Waals surface area contributed by atoms with E-state index in [1.807, 2.05) is 6.07 Å². The number of amides is 3. The van der Waals surface area contributed by atoms with E-state index in [-0.39, 0.29) is 17.9 Å². The van der Waals surface area contributed by atoms with Gasteiger partial charge in [0.25, 0.3) is 5.91 Å². The van der Waals surface area contributed by atoms with Crippen molar-refractivity contribution in [3.8, 4) is 6.07 Å². The van der Waals surface area contributed by atoms with Gasteiger partial charge in [-0.25, -0.2) is 0 Å². The molecule has 0 aliphatic rings. The highest BCUT2D eigenvalue weighted by molar-refractivity contribution is 9.10. The summed E-state index contributed by atoms with van der Waals surface area (Å²) in [5.74, 6) is -1.75. The fourth-order valence-electron chi connectivity index (χ4n) is 2.59. The van der Waals surface area contributed by atoms with E-state index in [0.29, 0.717) is 22.2 Å². The maximum Gasteiger partial charge on any atom is 0.313 e. The molecule has 8 nitrogen and oxygen atoms in total. The number of hydrogen-bond acceptors (Lipinski definition) is 5. The quantitative estimate of drug-likeness (QED) is 0.247. The third-order valence-electron chi connectivity index (χ3n) is 4.15. The number of nitrogens with one attached hydrogen (secondary N) is 3. The summed E-state index contributed by atoms with van der Waals surface area (Å²) in [6.45, 7) is -0.0668. The second kappa shape index (κ2) is 11.1. The SMILES string of the molecule is N#C/C(=C/c1ccc(CNC(=O)C(=O)Nc2cccc(Cl)c2)o1)C(=O)Nc1ccc(Br)cc1. The third-order valence-corrected chi connectivity index (χ3v) is 4.91. The summed E-state index contributed by atoms with van der Waals surface area (Å²) in [4.78, 5) is 36.3. The Morgan fingerprint density at radius 2 is 1.70 bits per heavy atom. The molecule has 3 aromatic rings. The zero-order valence-electron chi connectivity index (χ0n) is 16.9. The topological polar surface area (TPSA) is 124 Å². The van der Waals surface area contributed by atoms with E-state index in [4.69, 9.17) is 16.0 Å². The predicted molar refractivity (Wildman–Crippen MR) is 127 cm³/mol. The van der Waals surface area contributed by atoms with Gasteiger partial charge in [0.15, 0.2) is 0 Å². The van der Waals surface area contributed by atoms with Crippen molar-refractivity contribution >= 4 is 62.7 Å². The molecule has 0 bridgehead atoms. The number of furan rings is 1. The van der Waals surface area contributed by atoms with E-state index in [1.165, 1.54) is 18.2 Å². The monoisotopic (exact) mass is 526 g/mol. The van der Waals surface area contributed by atoms with Crippen LogP contribution in [0.3, 0.4) is 0 Å². The predicted octanol–water partition coefficient (Wildman–Crippen LogP) is 4.50. The van der Waals surface area contributed by atoms with Crippen molar-refractivity contribution in [1.82, 2.24) is 5.32 Å². The number of halogens is 2. The average molecular weight is 528 g/mol. The molecule has 33 heavy (non-hydrogen) atoms. The van der Waals surface area contributed by atoms with Crippen molar-refractivity contribution in [1.29, 1.82) is 5.26 Å². The Labute approximate surface area is 202 Å². The lowest BCUT2D eigenvalue weighted by molar-refractivity contribution is -0.136. The highest BCUT2D eigenvalue weighted by Gasteiger charge is 2.15. The lowest BCUT2D eigenvalue weighted by Gasteiger charge is -2.06. The van der Waals surface area contributed by atoms with E-state index in [2.05, 4.69) is 31.9 Å². The molecule has 3 N–H and O–H groups in total. The van der Waals surface area contributed by atoms with Gasteiger partial charge in [-0.3, -0.25) is 14.4 Å². The van der Waals surface area contributed by atoms with Gasteiger partial charge in [-0.2, -0.15) is 5.26 Å². The molecule has 0 radical (unpaired) electrons. The number of carbonyl (C=O) groups is 3. The van der Waals surface area contributed by atoms with Crippen LogP contribution in [0.1, 0.15) is 11.5 Å². The fraction of sp³-hybridized carbons (Fsp3) is 0.0435. The molecular weight excluding hydrogens is 512 g/mol. The van der Waals surface area contributed by atoms with Crippen molar-refractivity contribution in [2.75, 3.05) is 10.6 Å². The second-order valence-corrected chi connectivity index (χ2v) is 7.93. The standard InChI is InChI=1S/C23H16BrClN4O4/c24-15-4-6-17(7-5-15)28-21(30)14(12-26)10-19-8-9-20(33-19)13-27-22(31)23(32)29-18-3-1-2-16(25)11-18/h1-11H,13H2,(H,27,31)(H,28,30)(H,29,32)/b14-10-. The van der Waals surface area contributed by atoms with Crippen molar-refractivity contribution in [2.24, 2.45) is 0 Å². The molecule has 0 spiro atoms. The lowest BCUT2D eigenvalue weighted by Crippen LogP contribution is -2.34. The van der Waals surface area contributed by atoms with Crippen LogP contribution in [0.25, 0.3) is 6.08 Å². The zero-order chi connectivity index (χ0) is 23.8. The fourth-order valence-corrected chi connectivity index (χ4v) is 3.05. The van der Waals surface area contributed by atoms with Gasteiger partial charge in [0, 0.05) is 26.9 Å². The summed E-state index contributed by atoms with van der Waals surface area (Å²) in [5.41, 5.74) is 0.755. The highest BCUT2D eigenvalue weighted by Crippen LogP contribution is 2.17. The number of hydrogen-bond donors (Lipinski definition) is 3. The first-order valence-corrected chi connectivity index (χ1v) is 10.6. The van der Waals surface area contributed by atoms with Crippen molar-refractivity contribution in [2.45, 2.75) is 6.54 Å². The zero-order valence-corrected chi connectivity index (χ0v) is 19.2. The van der Waals surface area contributed by atoms with Crippen molar-refractivity contribution in [3.63, 3.8) is 0 Å². The van der Waals surface area contributed by atoms with Gasteiger partial charge in [0.2, 0.25) is 0 Å². The maximum absolute atomic E-state index is 12.3. The number of rotatable bonds is 6. The van der Waals surface area contributed by atoms with E-state index in [1.54, 1.807) is 48.5 Å². The van der Waals surface area contributed by atoms with Crippen molar-refractivity contribution in [3.05, 3.63) is 87.3 Å². The molecule has 0 aliphatic heterocycles. The Bertz CT molecular complexity index is 1260. The molecule has 166 valence electrons. The van der Waals surface area contributed by atoms with Crippen LogP contribution in [-0.2, 0) is 20.9 Å². The summed E-state index contributed by atoms with van der Waals surface area (Å²) >= 11 is 9.15. The molecule has 1 heterocycles. The molecule has 0 unspecified atom stereocenters. The summed E-state index contributed by atoms with van der Waals surface area (Å²) < 4.78 is 6.37. The molecule has 0 aliphatic carbocycles. The van der Waals surface area contributed by atoms with Crippen molar-refractivity contribution < 1.29 is 18.8 Å². The van der Waals surface area contributed by atoms with Gasteiger partial charge in [-0.1, -0.05) is 33.6 Å². The number of benzene rings is 2. The van der Waals surface area contributed by atoms with Crippen LogP contribution < -0.4 is 16.0 Å². The lowest BCUT2D eigenvalue weighted by atomic mass is 10.2. The van der Waals surface area contributed by atoms with Crippen LogP contribution in [0.4, 0.5) is 11.4 Å². The van der Waals surface area contributed by atoms with E-state index in [9.17, 15) is 19.6 Å². The molecule has 0 saturated heterocycles. The Morgan fingerprint density at radius 3 is 2.39 bits per heavy atom. The van der Waals surface area contributed by atoms with Gasteiger partial charge < -0.3 is 20.4 Å². The van der Waals surface area contributed by atoms with E-state index < -0.39 is 17.7 Å². The molecule has 10 heteroatoms. The summed E-state index contributed by atoms with van der Waals surface area (Å²) in [6, 6.07) is 18.2. The Balaban J connectivity index is 1.56. The maximum atomic E-state index is 12.3. The van der Waals surface area contributed by atoms with Crippen LogP contribution in [0.5, 0.6) is 0 Å². The van der Waals surface area contributed by atoms with Crippen LogP contribution in [-0.4, -0.2) is 17.7 Å². The smallest absolute Gasteiger partial charge is 0.313 e. The van der Waals surface area contributed by atoms with Crippen LogP contribution in [0.2, 0.25) is 5.02 Å². The van der Waals surface area contributed by atoms with E-state index in [0.717, 1.165) is 4.47 Å². The Hall–Kier alpha value is -3.87. The van der Waals surface area contributed by atoms with Gasteiger partial charge in [-0.15, -0.1) is 0 Å².